The SMILES string of the molecule is N[C@@H]1CC(c2ccc(Br)cn2)Oc2cc(F)ccc21. The molecule has 2 atom stereocenters. The Morgan fingerprint density at radius 2 is 2.16 bits per heavy atom. The maximum absolute atomic E-state index is 13.3. The van der Waals surface area contributed by atoms with Crippen molar-refractivity contribution in [1.82, 2.24) is 4.98 Å². The Morgan fingerprint density at radius 3 is 2.89 bits per heavy atom. The first kappa shape index (κ1) is 12.6. The summed E-state index contributed by atoms with van der Waals surface area (Å²) in [7, 11) is 0. The van der Waals surface area contributed by atoms with Gasteiger partial charge in [0.15, 0.2) is 0 Å². The summed E-state index contributed by atoms with van der Waals surface area (Å²) in [5, 5.41) is 0. The minimum Gasteiger partial charge on any atom is -0.484 e. The van der Waals surface area contributed by atoms with Gasteiger partial charge in [-0.25, -0.2) is 4.39 Å². The highest BCUT2D eigenvalue weighted by Crippen LogP contribution is 2.39. The van der Waals surface area contributed by atoms with Crippen LogP contribution in [0.3, 0.4) is 0 Å². The van der Waals surface area contributed by atoms with E-state index in [2.05, 4.69) is 20.9 Å². The number of aromatic nitrogens is 1. The lowest BCUT2D eigenvalue weighted by molar-refractivity contribution is 0.156. The van der Waals surface area contributed by atoms with E-state index >= 15 is 0 Å². The van der Waals surface area contributed by atoms with Crippen molar-refractivity contribution in [2.45, 2.75) is 18.6 Å². The van der Waals surface area contributed by atoms with Crippen molar-refractivity contribution in [3.8, 4) is 5.75 Å². The van der Waals surface area contributed by atoms with Gasteiger partial charge in [0.05, 0.1) is 5.69 Å². The first-order valence-electron chi connectivity index (χ1n) is 5.96. The fourth-order valence-corrected chi connectivity index (χ4v) is 2.47. The maximum Gasteiger partial charge on any atom is 0.142 e. The van der Waals surface area contributed by atoms with Crippen molar-refractivity contribution in [3.05, 3.63) is 58.1 Å². The number of rotatable bonds is 1. The molecule has 0 amide bonds. The highest BCUT2D eigenvalue weighted by atomic mass is 79.9. The zero-order valence-corrected chi connectivity index (χ0v) is 11.6. The molecule has 1 unspecified atom stereocenters. The van der Waals surface area contributed by atoms with Crippen LogP contribution >= 0.6 is 15.9 Å². The lowest BCUT2D eigenvalue weighted by atomic mass is 9.95. The number of fused-ring (bicyclic) bond motifs is 1. The topological polar surface area (TPSA) is 48.1 Å². The highest BCUT2D eigenvalue weighted by molar-refractivity contribution is 9.10. The molecule has 3 nitrogen and oxygen atoms in total. The summed E-state index contributed by atoms with van der Waals surface area (Å²) >= 11 is 3.34. The molecule has 0 fully saturated rings. The van der Waals surface area contributed by atoms with Crippen molar-refractivity contribution < 1.29 is 9.13 Å². The molecule has 98 valence electrons. The van der Waals surface area contributed by atoms with Gasteiger partial charge in [0.1, 0.15) is 17.7 Å². The second kappa shape index (κ2) is 4.90. The van der Waals surface area contributed by atoms with Gasteiger partial charge in [-0.05, 0) is 34.1 Å². The van der Waals surface area contributed by atoms with Gasteiger partial charge in [-0.15, -0.1) is 0 Å². The molecule has 0 aliphatic carbocycles. The van der Waals surface area contributed by atoms with Gasteiger partial charge in [0.2, 0.25) is 0 Å². The van der Waals surface area contributed by atoms with E-state index in [1.807, 2.05) is 12.1 Å². The molecular weight excluding hydrogens is 311 g/mol. The molecule has 0 saturated carbocycles. The Hall–Kier alpha value is -1.46. The number of nitrogens with two attached hydrogens (primary N) is 1. The van der Waals surface area contributed by atoms with Crippen LogP contribution in [0.25, 0.3) is 0 Å². The van der Waals surface area contributed by atoms with Crippen molar-refractivity contribution >= 4 is 15.9 Å². The Labute approximate surface area is 118 Å². The van der Waals surface area contributed by atoms with Crippen LogP contribution in [0.5, 0.6) is 5.75 Å². The van der Waals surface area contributed by atoms with E-state index in [1.165, 1.54) is 12.1 Å². The second-order valence-electron chi connectivity index (χ2n) is 4.53. The lowest BCUT2D eigenvalue weighted by Crippen LogP contribution is -2.24. The number of nitrogens with zero attached hydrogens (tertiary/aromatic N) is 1. The number of ether oxygens (including phenoxy) is 1. The van der Waals surface area contributed by atoms with E-state index in [0.717, 1.165) is 15.7 Å². The summed E-state index contributed by atoms with van der Waals surface area (Å²) in [6.07, 6.45) is 2.11. The summed E-state index contributed by atoms with van der Waals surface area (Å²) in [5.41, 5.74) is 7.76. The van der Waals surface area contributed by atoms with E-state index in [0.29, 0.717) is 12.2 Å². The van der Waals surface area contributed by atoms with E-state index < -0.39 is 0 Å². The Kier molecular flexibility index (Phi) is 3.24. The fourth-order valence-electron chi connectivity index (χ4n) is 2.23. The third-order valence-corrected chi connectivity index (χ3v) is 3.66. The Morgan fingerprint density at radius 1 is 1.32 bits per heavy atom. The third kappa shape index (κ3) is 2.48. The van der Waals surface area contributed by atoms with Crippen LogP contribution in [-0.2, 0) is 0 Å². The van der Waals surface area contributed by atoms with Crippen LogP contribution in [0.1, 0.15) is 29.8 Å². The minimum atomic E-state index is -0.324. The summed E-state index contributed by atoms with van der Waals surface area (Å²) in [4.78, 5) is 4.31. The quantitative estimate of drug-likeness (QED) is 0.874. The van der Waals surface area contributed by atoms with Gasteiger partial charge in [-0.2, -0.15) is 0 Å². The molecule has 2 N–H and O–H groups in total. The van der Waals surface area contributed by atoms with Gasteiger partial charge < -0.3 is 10.5 Å². The third-order valence-electron chi connectivity index (χ3n) is 3.19. The average molecular weight is 323 g/mol. The number of halogens is 2. The summed E-state index contributed by atoms with van der Waals surface area (Å²) in [5.74, 6) is 0.184. The second-order valence-corrected chi connectivity index (χ2v) is 5.45. The Balaban J connectivity index is 1.93. The van der Waals surface area contributed by atoms with Gasteiger partial charge in [0, 0.05) is 34.8 Å². The van der Waals surface area contributed by atoms with Crippen LogP contribution < -0.4 is 10.5 Å². The Bertz CT molecular complexity index is 603. The van der Waals surface area contributed by atoms with Gasteiger partial charge in [0.25, 0.3) is 0 Å². The van der Waals surface area contributed by atoms with Crippen LogP contribution in [0.15, 0.2) is 41.0 Å². The van der Waals surface area contributed by atoms with Crippen LogP contribution in [-0.4, -0.2) is 4.98 Å². The van der Waals surface area contributed by atoms with Crippen molar-refractivity contribution in [2.24, 2.45) is 5.73 Å². The van der Waals surface area contributed by atoms with Crippen molar-refractivity contribution in [1.29, 1.82) is 0 Å². The molecule has 19 heavy (non-hydrogen) atoms. The van der Waals surface area contributed by atoms with E-state index in [1.54, 1.807) is 12.3 Å². The zero-order chi connectivity index (χ0) is 13.4. The minimum absolute atomic E-state index is 0.167. The number of benzene rings is 1. The standard InChI is InChI=1S/C14H12BrFN2O/c15-8-1-4-12(18-7-8)14-6-11(17)10-3-2-9(16)5-13(10)19-14/h1-5,7,11,14H,6,17H2/t11-,14?/m1/s1. The summed E-state index contributed by atoms with van der Waals surface area (Å²) in [6, 6.07) is 8.07. The number of hydrogen-bond donors (Lipinski definition) is 1. The van der Waals surface area contributed by atoms with Crippen LogP contribution in [0.2, 0.25) is 0 Å². The van der Waals surface area contributed by atoms with E-state index in [4.69, 9.17) is 10.5 Å². The first-order valence-corrected chi connectivity index (χ1v) is 6.76. The zero-order valence-electron chi connectivity index (χ0n) is 10.0. The van der Waals surface area contributed by atoms with E-state index in [-0.39, 0.29) is 18.0 Å². The van der Waals surface area contributed by atoms with Gasteiger partial charge >= 0.3 is 0 Å². The largest absolute Gasteiger partial charge is 0.484 e. The molecule has 0 saturated heterocycles. The number of pyridine rings is 1. The van der Waals surface area contributed by atoms with Crippen LogP contribution in [0.4, 0.5) is 4.39 Å². The molecule has 2 heterocycles. The fraction of sp³-hybridized carbons (Fsp3) is 0.214. The summed E-state index contributed by atoms with van der Waals surface area (Å²) in [6.45, 7) is 0. The molecule has 3 rings (SSSR count). The molecular formula is C14H12BrFN2O. The van der Waals surface area contributed by atoms with Crippen molar-refractivity contribution in [2.75, 3.05) is 0 Å². The molecule has 2 aromatic rings. The van der Waals surface area contributed by atoms with Gasteiger partial charge in [-0.3, -0.25) is 4.98 Å². The summed E-state index contributed by atoms with van der Waals surface area (Å²) < 4.78 is 20.0. The molecule has 0 spiro atoms. The molecule has 1 aliphatic rings. The molecule has 1 aromatic carbocycles. The van der Waals surface area contributed by atoms with E-state index in [9.17, 15) is 4.39 Å². The highest BCUT2D eigenvalue weighted by Gasteiger charge is 2.28. The first-order chi connectivity index (χ1) is 9.13. The monoisotopic (exact) mass is 322 g/mol. The predicted molar refractivity (Wildman–Crippen MR) is 73.3 cm³/mol. The maximum atomic E-state index is 13.3. The van der Waals surface area contributed by atoms with Gasteiger partial charge in [-0.1, -0.05) is 6.07 Å². The molecule has 5 heteroatoms. The predicted octanol–water partition coefficient (Wildman–Crippen LogP) is 3.51. The molecule has 1 aliphatic heterocycles. The normalized spacial score (nSPS) is 21.6. The number of hydrogen-bond acceptors (Lipinski definition) is 3. The van der Waals surface area contributed by atoms with Crippen LogP contribution in [0, 0.1) is 5.82 Å². The molecule has 0 bridgehead atoms. The van der Waals surface area contributed by atoms with Crippen molar-refractivity contribution in [3.63, 3.8) is 0 Å². The molecule has 0 radical (unpaired) electrons. The average Bonchev–Trinajstić information content (AvgIpc) is 2.38. The lowest BCUT2D eigenvalue weighted by Gasteiger charge is -2.29. The smallest absolute Gasteiger partial charge is 0.142 e. The molecule has 1 aromatic heterocycles.